The van der Waals surface area contributed by atoms with Gasteiger partial charge in [-0.2, -0.15) is 0 Å². The van der Waals surface area contributed by atoms with Gasteiger partial charge in [0.25, 0.3) is 0 Å². The average Bonchev–Trinajstić information content (AvgIpc) is 3.13. The zero-order valence-corrected chi connectivity index (χ0v) is 11.4. The fraction of sp³-hybridized carbons (Fsp3) is 0.571. The van der Waals surface area contributed by atoms with Crippen LogP contribution in [0.15, 0.2) is 18.2 Å². The van der Waals surface area contributed by atoms with Crippen molar-refractivity contribution in [2.45, 2.75) is 31.3 Å². The first-order valence-corrected chi connectivity index (χ1v) is 6.98. The standard InChI is InChI=1S/C14H19ClN2O/c1-18-12-4-5-13(15)14(8-12)16-10-6-7-17(9-10)11-2-3-11/h4-5,8,10-11,16H,2-3,6-7,9H2,1H3. The molecule has 1 heterocycles. The number of nitrogens with zero attached hydrogens (tertiary/aromatic N) is 1. The summed E-state index contributed by atoms with van der Waals surface area (Å²) in [6.45, 7) is 2.35. The molecule has 1 aliphatic carbocycles. The molecule has 98 valence electrons. The van der Waals surface area contributed by atoms with Gasteiger partial charge < -0.3 is 10.1 Å². The second-order valence-electron chi connectivity index (χ2n) is 5.20. The molecule has 0 aromatic heterocycles. The number of rotatable bonds is 4. The van der Waals surface area contributed by atoms with Crippen LogP contribution in [-0.4, -0.2) is 37.2 Å². The van der Waals surface area contributed by atoms with E-state index < -0.39 is 0 Å². The summed E-state index contributed by atoms with van der Waals surface area (Å²) in [6, 6.07) is 7.12. The minimum absolute atomic E-state index is 0.509. The molecular weight excluding hydrogens is 248 g/mol. The van der Waals surface area contributed by atoms with Gasteiger partial charge in [-0.1, -0.05) is 11.6 Å². The van der Waals surface area contributed by atoms with Gasteiger partial charge in [0.2, 0.25) is 0 Å². The van der Waals surface area contributed by atoms with Gasteiger partial charge in [-0.3, -0.25) is 4.90 Å². The van der Waals surface area contributed by atoms with Crippen LogP contribution in [0.25, 0.3) is 0 Å². The lowest BCUT2D eigenvalue weighted by molar-refractivity contribution is 0.326. The number of likely N-dealkylation sites (tertiary alicyclic amines) is 1. The van der Waals surface area contributed by atoms with Gasteiger partial charge in [-0.25, -0.2) is 0 Å². The van der Waals surface area contributed by atoms with Crippen molar-refractivity contribution >= 4 is 17.3 Å². The molecule has 2 aliphatic rings. The molecule has 1 atom stereocenters. The largest absolute Gasteiger partial charge is 0.497 e. The van der Waals surface area contributed by atoms with Crippen LogP contribution in [0.3, 0.4) is 0 Å². The normalized spacial score (nSPS) is 24.2. The van der Waals surface area contributed by atoms with Crippen molar-refractivity contribution in [3.8, 4) is 5.75 Å². The van der Waals surface area contributed by atoms with Gasteiger partial charge in [-0.05, 0) is 31.4 Å². The van der Waals surface area contributed by atoms with E-state index in [0.29, 0.717) is 6.04 Å². The molecule has 1 aromatic rings. The number of ether oxygens (including phenoxy) is 1. The number of halogens is 1. The predicted molar refractivity (Wildman–Crippen MR) is 74.6 cm³/mol. The number of benzene rings is 1. The molecule has 3 nitrogen and oxygen atoms in total. The maximum absolute atomic E-state index is 6.21. The summed E-state index contributed by atoms with van der Waals surface area (Å²) in [6.07, 6.45) is 3.96. The quantitative estimate of drug-likeness (QED) is 0.907. The first-order valence-electron chi connectivity index (χ1n) is 6.60. The Kier molecular flexibility index (Phi) is 3.35. The molecule has 3 rings (SSSR count). The molecule has 0 amide bonds. The lowest BCUT2D eigenvalue weighted by Crippen LogP contribution is -2.27. The lowest BCUT2D eigenvalue weighted by atomic mass is 10.2. The van der Waals surface area contributed by atoms with Gasteiger partial charge >= 0.3 is 0 Å². The molecule has 4 heteroatoms. The molecule has 1 N–H and O–H groups in total. The fourth-order valence-electron chi connectivity index (χ4n) is 2.64. The van der Waals surface area contributed by atoms with Crippen molar-refractivity contribution in [2.75, 3.05) is 25.5 Å². The molecular formula is C14H19ClN2O. The molecule has 0 radical (unpaired) electrons. The summed E-state index contributed by atoms with van der Waals surface area (Å²) in [5.74, 6) is 0.846. The molecule has 0 spiro atoms. The topological polar surface area (TPSA) is 24.5 Å². The van der Waals surface area contributed by atoms with E-state index in [0.717, 1.165) is 29.0 Å². The highest BCUT2D eigenvalue weighted by molar-refractivity contribution is 6.33. The Morgan fingerprint density at radius 2 is 2.17 bits per heavy atom. The second kappa shape index (κ2) is 4.98. The summed E-state index contributed by atoms with van der Waals surface area (Å²) in [5.41, 5.74) is 0.985. The Balaban J connectivity index is 1.65. The molecule has 1 saturated carbocycles. The molecule has 0 bridgehead atoms. The Bertz CT molecular complexity index is 434. The summed E-state index contributed by atoms with van der Waals surface area (Å²) in [4.78, 5) is 2.59. The number of hydrogen-bond donors (Lipinski definition) is 1. The molecule has 1 aliphatic heterocycles. The van der Waals surface area contributed by atoms with E-state index in [2.05, 4.69) is 10.2 Å². The van der Waals surface area contributed by atoms with Crippen LogP contribution in [-0.2, 0) is 0 Å². The highest BCUT2D eigenvalue weighted by Crippen LogP contribution is 2.32. The monoisotopic (exact) mass is 266 g/mol. The van der Waals surface area contributed by atoms with Crippen molar-refractivity contribution in [3.05, 3.63) is 23.2 Å². The van der Waals surface area contributed by atoms with Crippen molar-refractivity contribution in [1.29, 1.82) is 0 Å². The zero-order valence-electron chi connectivity index (χ0n) is 10.7. The molecule has 1 saturated heterocycles. The van der Waals surface area contributed by atoms with Crippen molar-refractivity contribution in [2.24, 2.45) is 0 Å². The summed E-state index contributed by atoms with van der Waals surface area (Å²) in [5, 5.41) is 4.31. The van der Waals surface area contributed by atoms with E-state index in [4.69, 9.17) is 16.3 Å². The van der Waals surface area contributed by atoms with Crippen LogP contribution in [0, 0.1) is 0 Å². The van der Waals surface area contributed by atoms with E-state index in [-0.39, 0.29) is 0 Å². The molecule has 1 aromatic carbocycles. The maximum atomic E-state index is 6.21. The minimum atomic E-state index is 0.509. The highest BCUT2D eigenvalue weighted by atomic mass is 35.5. The third-order valence-corrected chi connectivity index (χ3v) is 4.15. The Morgan fingerprint density at radius 3 is 2.89 bits per heavy atom. The van der Waals surface area contributed by atoms with Crippen LogP contribution in [0.1, 0.15) is 19.3 Å². The first kappa shape index (κ1) is 12.1. The van der Waals surface area contributed by atoms with Gasteiger partial charge in [-0.15, -0.1) is 0 Å². The third-order valence-electron chi connectivity index (χ3n) is 3.82. The number of hydrogen-bond acceptors (Lipinski definition) is 3. The smallest absolute Gasteiger partial charge is 0.121 e. The van der Waals surface area contributed by atoms with Crippen LogP contribution >= 0.6 is 11.6 Å². The van der Waals surface area contributed by atoms with Gasteiger partial charge in [0.1, 0.15) is 5.75 Å². The van der Waals surface area contributed by atoms with Crippen LogP contribution in [0.5, 0.6) is 5.75 Å². The lowest BCUT2D eigenvalue weighted by Gasteiger charge is -2.17. The van der Waals surface area contributed by atoms with Crippen LogP contribution in [0.4, 0.5) is 5.69 Å². The summed E-state index contributed by atoms with van der Waals surface area (Å²) < 4.78 is 5.23. The zero-order chi connectivity index (χ0) is 12.5. The highest BCUT2D eigenvalue weighted by Gasteiger charge is 2.34. The van der Waals surface area contributed by atoms with Crippen LogP contribution in [0.2, 0.25) is 5.02 Å². The number of anilines is 1. The Hall–Kier alpha value is -0.930. The van der Waals surface area contributed by atoms with Crippen molar-refractivity contribution in [3.63, 3.8) is 0 Å². The van der Waals surface area contributed by atoms with Gasteiger partial charge in [0.15, 0.2) is 0 Å². The Morgan fingerprint density at radius 1 is 1.33 bits per heavy atom. The van der Waals surface area contributed by atoms with E-state index in [1.54, 1.807) is 7.11 Å². The van der Waals surface area contributed by atoms with Crippen molar-refractivity contribution < 1.29 is 4.74 Å². The van der Waals surface area contributed by atoms with Gasteiger partial charge in [0.05, 0.1) is 17.8 Å². The molecule has 1 unspecified atom stereocenters. The van der Waals surface area contributed by atoms with E-state index in [1.165, 1.54) is 25.8 Å². The fourth-order valence-corrected chi connectivity index (χ4v) is 2.81. The minimum Gasteiger partial charge on any atom is -0.497 e. The summed E-state index contributed by atoms with van der Waals surface area (Å²) >= 11 is 6.21. The molecule has 18 heavy (non-hydrogen) atoms. The van der Waals surface area contributed by atoms with E-state index in [9.17, 15) is 0 Å². The van der Waals surface area contributed by atoms with E-state index >= 15 is 0 Å². The van der Waals surface area contributed by atoms with E-state index in [1.807, 2.05) is 18.2 Å². The predicted octanol–water partition coefficient (Wildman–Crippen LogP) is 3.00. The third kappa shape index (κ3) is 2.57. The first-order chi connectivity index (χ1) is 8.76. The Labute approximate surface area is 113 Å². The average molecular weight is 267 g/mol. The van der Waals surface area contributed by atoms with Crippen LogP contribution < -0.4 is 10.1 Å². The summed E-state index contributed by atoms with van der Waals surface area (Å²) in [7, 11) is 1.68. The van der Waals surface area contributed by atoms with Gasteiger partial charge in [0, 0.05) is 31.2 Å². The number of nitrogens with one attached hydrogen (secondary N) is 1. The second-order valence-corrected chi connectivity index (χ2v) is 5.61. The molecule has 2 fully saturated rings. The SMILES string of the molecule is COc1ccc(Cl)c(NC2CCN(C3CC3)C2)c1. The van der Waals surface area contributed by atoms with Crippen molar-refractivity contribution in [1.82, 2.24) is 4.90 Å². The number of methoxy groups -OCH3 is 1. The maximum Gasteiger partial charge on any atom is 0.121 e.